The smallest absolute Gasteiger partial charge is 0.257 e. The molecule has 0 aliphatic heterocycles. The summed E-state index contributed by atoms with van der Waals surface area (Å²) in [6.45, 7) is -0.248. The van der Waals surface area contributed by atoms with Crippen molar-refractivity contribution in [2.75, 3.05) is 11.9 Å². The van der Waals surface area contributed by atoms with Gasteiger partial charge >= 0.3 is 0 Å². The number of rotatable bonds is 2. The van der Waals surface area contributed by atoms with Crippen molar-refractivity contribution < 1.29 is 20.1 Å². The van der Waals surface area contributed by atoms with Gasteiger partial charge in [0.2, 0.25) is 0 Å². The lowest BCUT2D eigenvalue weighted by Crippen LogP contribution is -2.11. The number of carbonyl (C=O) groups is 1. The monoisotopic (exact) mass is 290 g/mol. The van der Waals surface area contributed by atoms with Crippen LogP contribution < -0.4 is 5.32 Å². The maximum Gasteiger partial charge on any atom is 0.257 e. The molecule has 2 rings (SSSR count). The average molecular weight is 290 g/mol. The Labute approximate surface area is 118 Å². The van der Waals surface area contributed by atoms with E-state index in [0.717, 1.165) is 17.4 Å². The first-order valence-corrected chi connectivity index (χ1v) is 6.30. The fraction of sp³-hybridized carbons (Fsp3) is 0.0769. The molecular formula is C13H10N2O4S. The summed E-state index contributed by atoms with van der Waals surface area (Å²) in [4.78, 5) is 16.5. The van der Waals surface area contributed by atoms with E-state index in [0.29, 0.717) is 10.0 Å². The van der Waals surface area contributed by atoms with Crippen molar-refractivity contribution in [3.8, 4) is 23.3 Å². The van der Waals surface area contributed by atoms with Gasteiger partial charge in [0.05, 0.1) is 11.1 Å². The predicted molar refractivity (Wildman–Crippen MR) is 73.8 cm³/mol. The molecule has 20 heavy (non-hydrogen) atoms. The van der Waals surface area contributed by atoms with Gasteiger partial charge in [0.25, 0.3) is 5.91 Å². The average Bonchev–Trinajstić information content (AvgIpc) is 2.82. The van der Waals surface area contributed by atoms with E-state index in [9.17, 15) is 15.0 Å². The highest BCUT2D eigenvalue weighted by atomic mass is 32.1. The van der Waals surface area contributed by atoms with Gasteiger partial charge < -0.3 is 15.3 Å². The minimum Gasteiger partial charge on any atom is -0.508 e. The van der Waals surface area contributed by atoms with Crippen LogP contribution in [0.2, 0.25) is 0 Å². The highest BCUT2D eigenvalue weighted by molar-refractivity contribution is 7.16. The van der Waals surface area contributed by atoms with E-state index < -0.39 is 5.91 Å². The van der Waals surface area contributed by atoms with Gasteiger partial charge in [-0.05, 0) is 12.1 Å². The summed E-state index contributed by atoms with van der Waals surface area (Å²) in [5.74, 6) is 4.23. The third kappa shape index (κ3) is 3.47. The van der Waals surface area contributed by atoms with Crippen LogP contribution in [0.5, 0.6) is 11.5 Å². The molecule has 1 amide bonds. The Kier molecular flexibility index (Phi) is 4.20. The summed E-state index contributed by atoms with van der Waals surface area (Å²) in [7, 11) is 0. The molecule has 1 aromatic carbocycles. The number of nitrogens with zero attached hydrogens (tertiary/aromatic N) is 1. The number of carbonyl (C=O) groups excluding carboxylic acids is 1. The number of hydrogen-bond acceptors (Lipinski definition) is 6. The maximum absolute atomic E-state index is 11.9. The van der Waals surface area contributed by atoms with Gasteiger partial charge in [0.15, 0.2) is 5.13 Å². The first kappa shape index (κ1) is 13.9. The number of anilines is 1. The van der Waals surface area contributed by atoms with Crippen LogP contribution in [-0.2, 0) is 0 Å². The Bertz CT molecular complexity index is 680. The van der Waals surface area contributed by atoms with Crippen LogP contribution in [0.4, 0.5) is 5.13 Å². The molecule has 0 aliphatic carbocycles. The number of aromatic nitrogens is 1. The Balaban J connectivity index is 2.13. The number of aliphatic hydroxyl groups is 1. The Morgan fingerprint density at radius 1 is 1.30 bits per heavy atom. The normalized spacial score (nSPS) is 9.65. The summed E-state index contributed by atoms with van der Waals surface area (Å²) < 4.78 is 0. The fourth-order valence-corrected chi connectivity index (χ4v) is 2.10. The highest BCUT2D eigenvalue weighted by Gasteiger charge is 2.10. The predicted octanol–water partition coefficient (Wildman–Crippen LogP) is 1.15. The third-order valence-electron chi connectivity index (χ3n) is 2.18. The van der Waals surface area contributed by atoms with Gasteiger partial charge in [0, 0.05) is 11.6 Å². The second-order valence-corrected chi connectivity index (χ2v) is 4.71. The molecule has 0 bridgehead atoms. The molecule has 2 aromatic rings. The van der Waals surface area contributed by atoms with E-state index in [4.69, 9.17) is 5.11 Å². The van der Waals surface area contributed by atoms with Crippen molar-refractivity contribution in [3.05, 3.63) is 34.8 Å². The van der Waals surface area contributed by atoms with Crippen LogP contribution in [0.3, 0.4) is 0 Å². The topological polar surface area (TPSA) is 103 Å². The van der Waals surface area contributed by atoms with E-state index >= 15 is 0 Å². The second kappa shape index (κ2) is 6.06. The summed E-state index contributed by atoms with van der Waals surface area (Å²) in [6, 6.07) is 3.59. The van der Waals surface area contributed by atoms with Gasteiger partial charge in [0.1, 0.15) is 18.1 Å². The van der Waals surface area contributed by atoms with Crippen LogP contribution in [0.25, 0.3) is 0 Å². The molecule has 4 N–H and O–H groups in total. The number of phenolic OH excluding ortho intramolecular Hbond substituents is 2. The fourth-order valence-electron chi connectivity index (χ4n) is 1.41. The molecular weight excluding hydrogens is 280 g/mol. The number of thiazole rings is 1. The van der Waals surface area contributed by atoms with Crippen LogP contribution in [0.15, 0.2) is 24.4 Å². The summed E-state index contributed by atoms with van der Waals surface area (Å²) >= 11 is 1.15. The molecule has 6 nitrogen and oxygen atoms in total. The number of hydrogen-bond donors (Lipinski definition) is 4. The largest absolute Gasteiger partial charge is 0.508 e. The number of phenols is 2. The lowest BCUT2D eigenvalue weighted by molar-refractivity contribution is 0.102. The van der Waals surface area contributed by atoms with Gasteiger partial charge in [-0.15, -0.1) is 0 Å². The quantitative estimate of drug-likeness (QED) is 0.621. The zero-order valence-electron chi connectivity index (χ0n) is 10.1. The molecule has 0 saturated carbocycles. The first-order chi connectivity index (χ1) is 9.58. The number of nitrogens with one attached hydrogen (secondary N) is 1. The summed E-state index contributed by atoms with van der Waals surface area (Å²) in [5, 5.41) is 30.1. The Hall–Kier alpha value is -2.56. The van der Waals surface area contributed by atoms with E-state index in [1.165, 1.54) is 18.3 Å². The van der Waals surface area contributed by atoms with E-state index in [2.05, 4.69) is 22.1 Å². The standard InChI is InChI=1S/C13H10N2O4S/c16-3-1-2-11-7-14-13(20-11)15-12(19)8-4-9(17)6-10(18)5-8/h4-7,16-18H,3H2,(H,14,15,19). The Morgan fingerprint density at radius 3 is 2.65 bits per heavy atom. The lowest BCUT2D eigenvalue weighted by Gasteiger charge is -2.03. The SMILES string of the molecule is O=C(Nc1ncc(C#CCO)s1)c1cc(O)cc(O)c1. The molecule has 0 radical (unpaired) electrons. The van der Waals surface area contributed by atoms with Crippen LogP contribution in [0.1, 0.15) is 15.2 Å². The van der Waals surface area contributed by atoms with E-state index in [-0.39, 0.29) is 23.7 Å². The third-order valence-corrected chi connectivity index (χ3v) is 3.01. The molecule has 1 aromatic heterocycles. The molecule has 0 saturated heterocycles. The Morgan fingerprint density at radius 2 is 2.00 bits per heavy atom. The van der Waals surface area contributed by atoms with Crippen molar-refractivity contribution >= 4 is 22.4 Å². The van der Waals surface area contributed by atoms with Crippen molar-refractivity contribution in [2.24, 2.45) is 0 Å². The van der Waals surface area contributed by atoms with Gasteiger partial charge in [-0.3, -0.25) is 10.1 Å². The van der Waals surface area contributed by atoms with Gasteiger partial charge in [-0.2, -0.15) is 0 Å². The highest BCUT2D eigenvalue weighted by Crippen LogP contribution is 2.22. The summed E-state index contributed by atoms with van der Waals surface area (Å²) in [5.41, 5.74) is 0.112. The molecule has 0 atom stereocenters. The minimum atomic E-state index is -0.507. The van der Waals surface area contributed by atoms with Crippen molar-refractivity contribution in [2.45, 2.75) is 0 Å². The number of amides is 1. The van der Waals surface area contributed by atoms with Crippen molar-refractivity contribution in [1.29, 1.82) is 0 Å². The number of benzene rings is 1. The van der Waals surface area contributed by atoms with Crippen molar-refractivity contribution in [1.82, 2.24) is 4.98 Å². The lowest BCUT2D eigenvalue weighted by atomic mass is 10.2. The van der Waals surface area contributed by atoms with E-state index in [1.807, 2.05) is 0 Å². The molecule has 0 fully saturated rings. The van der Waals surface area contributed by atoms with E-state index in [1.54, 1.807) is 0 Å². The number of aromatic hydroxyl groups is 2. The zero-order valence-corrected chi connectivity index (χ0v) is 10.9. The maximum atomic E-state index is 11.9. The molecule has 0 unspecified atom stereocenters. The minimum absolute atomic E-state index is 0.112. The molecule has 1 heterocycles. The zero-order chi connectivity index (χ0) is 14.5. The second-order valence-electron chi connectivity index (χ2n) is 3.68. The molecule has 102 valence electrons. The summed E-state index contributed by atoms with van der Waals surface area (Å²) in [6.07, 6.45) is 1.48. The van der Waals surface area contributed by atoms with Gasteiger partial charge in [-0.1, -0.05) is 23.2 Å². The van der Waals surface area contributed by atoms with Crippen LogP contribution in [-0.4, -0.2) is 32.8 Å². The number of aliphatic hydroxyl groups excluding tert-OH is 1. The van der Waals surface area contributed by atoms with Crippen LogP contribution >= 0.6 is 11.3 Å². The first-order valence-electron chi connectivity index (χ1n) is 5.48. The molecule has 0 spiro atoms. The molecule has 0 aliphatic rings. The van der Waals surface area contributed by atoms with Gasteiger partial charge in [-0.25, -0.2) is 4.98 Å². The van der Waals surface area contributed by atoms with Crippen molar-refractivity contribution in [3.63, 3.8) is 0 Å². The van der Waals surface area contributed by atoms with Crippen LogP contribution in [0, 0.1) is 11.8 Å². The molecule has 7 heteroatoms.